The molecule has 0 saturated heterocycles. The van der Waals surface area contributed by atoms with Crippen LogP contribution in [0.5, 0.6) is 0 Å². The Morgan fingerprint density at radius 2 is 1.89 bits per heavy atom. The summed E-state index contributed by atoms with van der Waals surface area (Å²) in [5.74, 6) is -3.64. The molecule has 1 aromatic rings. The van der Waals surface area contributed by atoms with Gasteiger partial charge in [0, 0.05) is 13.0 Å². The summed E-state index contributed by atoms with van der Waals surface area (Å²) in [6.07, 6.45) is 0.988. The van der Waals surface area contributed by atoms with Gasteiger partial charge in [0.2, 0.25) is 6.16 Å². The minimum Gasteiger partial charge on any atom is -0.480 e. The quantitative estimate of drug-likeness (QED) is 0.405. The average Bonchev–Trinajstić information content (AvgIpc) is 2.65. The number of aryl methyl sites for hydroxylation is 1. The Labute approximate surface area is 158 Å². The smallest absolute Gasteiger partial charge is 0.379 e. The van der Waals surface area contributed by atoms with Crippen LogP contribution < -0.4 is 0 Å². The molecule has 2 N–H and O–H groups in total. The van der Waals surface area contributed by atoms with Gasteiger partial charge in [0.05, 0.1) is 13.5 Å². The SMILES string of the molecule is COC(=O)CCN(CC(=O)O)C(=O)C[P+](=O)C(O)CCCc1ccccc1. The van der Waals surface area contributed by atoms with Crippen LogP contribution in [0.4, 0.5) is 0 Å². The molecule has 148 valence electrons. The second kappa shape index (κ2) is 12.1. The lowest BCUT2D eigenvalue weighted by atomic mass is 10.1. The first-order valence-corrected chi connectivity index (χ1v) is 10.1. The van der Waals surface area contributed by atoms with Gasteiger partial charge in [0.15, 0.2) is 0 Å². The van der Waals surface area contributed by atoms with Crippen molar-refractivity contribution in [3.8, 4) is 0 Å². The van der Waals surface area contributed by atoms with Crippen molar-refractivity contribution in [2.24, 2.45) is 0 Å². The average molecular weight is 398 g/mol. The fraction of sp³-hybridized carbons (Fsp3) is 0.500. The molecule has 0 aliphatic rings. The van der Waals surface area contributed by atoms with Crippen molar-refractivity contribution in [3.63, 3.8) is 0 Å². The molecule has 27 heavy (non-hydrogen) atoms. The van der Waals surface area contributed by atoms with Crippen LogP contribution in [0.25, 0.3) is 0 Å². The van der Waals surface area contributed by atoms with Gasteiger partial charge in [-0.05, 0) is 18.4 Å². The van der Waals surface area contributed by atoms with E-state index in [1.807, 2.05) is 30.3 Å². The molecular formula is C18H25NO7P+. The Balaban J connectivity index is 2.48. The summed E-state index contributed by atoms with van der Waals surface area (Å²) in [5.41, 5.74) is 1.10. The number of nitrogens with zero attached hydrogens (tertiary/aromatic N) is 1. The van der Waals surface area contributed by atoms with Crippen LogP contribution >= 0.6 is 7.80 Å². The van der Waals surface area contributed by atoms with E-state index in [1.165, 1.54) is 7.11 Å². The highest BCUT2D eigenvalue weighted by molar-refractivity contribution is 7.46. The van der Waals surface area contributed by atoms with E-state index in [1.54, 1.807) is 0 Å². The first-order chi connectivity index (χ1) is 12.8. The predicted octanol–water partition coefficient (Wildman–Crippen LogP) is 1.63. The van der Waals surface area contributed by atoms with E-state index in [2.05, 4.69) is 4.74 Å². The number of aliphatic hydroxyl groups is 1. The third-order valence-corrected chi connectivity index (χ3v) is 5.39. The Morgan fingerprint density at radius 3 is 2.48 bits per heavy atom. The van der Waals surface area contributed by atoms with Crippen molar-refractivity contribution in [1.82, 2.24) is 4.90 Å². The summed E-state index contributed by atoms with van der Waals surface area (Å²) < 4.78 is 16.7. The number of hydrogen-bond donors (Lipinski definition) is 2. The van der Waals surface area contributed by atoms with Gasteiger partial charge < -0.3 is 19.8 Å². The number of aliphatic carboxylic acids is 1. The number of ether oxygens (including phenoxy) is 1. The standard InChI is InChI=1S/C18H24NO7P/c1-26-17(23)10-11-19(12-16(21)22)15(20)13-27(25)18(24)9-5-8-14-6-3-2-4-7-14/h2-4,6-7,18,24H,5,8-13H2,1H3/p+1. The first-order valence-electron chi connectivity index (χ1n) is 8.55. The van der Waals surface area contributed by atoms with E-state index in [0.717, 1.165) is 16.9 Å². The summed E-state index contributed by atoms with van der Waals surface area (Å²) in [4.78, 5) is 35.2. The topological polar surface area (TPSA) is 121 Å². The lowest BCUT2D eigenvalue weighted by molar-refractivity contribution is -0.146. The van der Waals surface area contributed by atoms with Crippen molar-refractivity contribution in [2.45, 2.75) is 31.5 Å². The number of amides is 1. The van der Waals surface area contributed by atoms with Crippen molar-refractivity contribution in [2.75, 3.05) is 26.4 Å². The number of carbonyl (C=O) groups is 3. The molecule has 0 aromatic heterocycles. The molecule has 8 nitrogen and oxygen atoms in total. The normalized spacial score (nSPS) is 12.1. The third kappa shape index (κ3) is 9.26. The largest absolute Gasteiger partial charge is 0.480 e. The van der Waals surface area contributed by atoms with Gasteiger partial charge >= 0.3 is 19.7 Å². The van der Waals surface area contributed by atoms with Gasteiger partial charge in [0.25, 0.3) is 11.8 Å². The highest BCUT2D eigenvalue weighted by Gasteiger charge is 2.33. The molecule has 0 heterocycles. The van der Waals surface area contributed by atoms with Gasteiger partial charge in [-0.15, -0.1) is 0 Å². The molecule has 1 aromatic carbocycles. The van der Waals surface area contributed by atoms with Gasteiger partial charge in [0.1, 0.15) is 6.54 Å². The second-order valence-electron chi connectivity index (χ2n) is 5.97. The molecule has 0 radical (unpaired) electrons. The van der Waals surface area contributed by atoms with E-state index in [4.69, 9.17) is 5.11 Å². The molecule has 0 aliphatic heterocycles. The monoisotopic (exact) mass is 398 g/mol. The van der Waals surface area contributed by atoms with E-state index >= 15 is 0 Å². The second-order valence-corrected chi connectivity index (χ2v) is 7.72. The van der Waals surface area contributed by atoms with E-state index in [0.29, 0.717) is 6.42 Å². The number of rotatable bonds is 12. The Hall–Kier alpha value is -2.31. The summed E-state index contributed by atoms with van der Waals surface area (Å²) in [5, 5.41) is 18.9. The molecule has 0 bridgehead atoms. The summed E-state index contributed by atoms with van der Waals surface area (Å²) in [6, 6.07) is 9.65. The van der Waals surface area contributed by atoms with Crippen molar-refractivity contribution < 1.29 is 33.9 Å². The molecule has 2 atom stereocenters. The summed E-state index contributed by atoms with van der Waals surface area (Å²) in [7, 11) is -1.05. The lowest BCUT2D eigenvalue weighted by Gasteiger charge is -2.18. The number of methoxy groups -OCH3 is 1. The summed E-state index contributed by atoms with van der Waals surface area (Å²) in [6.45, 7) is -0.756. The van der Waals surface area contributed by atoms with Gasteiger partial charge in [-0.1, -0.05) is 34.9 Å². The lowest BCUT2D eigenvalue weighted by Crippen LogP contribution is -2.38. The molecule has 0 saturated carbocycles. The van der Waals surface area contributed by atoms with E-state index < -0.39 is 44.2 Å². The molecular weight excluding hydrogens is 373 g/mol. The number of carbonyl (C=O) groups excluding carboxylic acids is 2. The number of carboxylic acids is 1. The molecule has 0 aliphatic carbocycles. The minimum absolute atomic E-state index is 0.148. The zero-order valence-electron chi connectivity index (χ0n) is 15.2. The van der Waals surface area contributed by atoms with Gasteiger partial charge in [-0.3, -0.25) is 14.4 Å². The van der Waals surface area contributed by atoms with Crippen LogP contribution in [0.2, 0.25) is 0 Å². The molecule has 2 unspecified atom stereocenters. The van der Waals surface area contributed by atoms with Crippen LogP contribution in [-0.2, 0) is 30.1 Å². The number of aliphatic hydroxyl groups excluding tert-OH is 1. The number of benzene rings is 1. The number of esters is 1. The van der Waals surface area contributed by atoms with Crippen molar-refractivity contribution >= 4 is 25.6 Å². The fourth-order valence-corrected chi connectivity index (χ4v) is 3.55. The third-order valence-electron chi connectivity index (χ3n) is 3.89. The number of carboxylic acid groups (broad SMARTS) is 1. The zero-order chi connectivity index (χ0) is 20.2. The van der Waals surface area contributed by atoms with Gasteiger partial charge in [-0.25, -0.2) is 0 Å². The number of hydrogen-bond acceptors (Lipinski definition) is 6. The van der Waals surface area contributed by atoms with Crippen LogP contribution in [0.15, 0.2) is 30.3 Å². The van der Waals surface area contributed by atoms with Gasteiger partial charge in [-0.2, -0.15) is 0 Å². The Bertz CT molecular complexity index is 650. The maximum absolute atomic E-state index is 12.2. The molecule has 9 heteroatoms. The highest BCUT2D eigenvalue weighted by Crippen LogP contribution is 2.30. The first kappa shape index (κ1) is 22.7. The zero-order valence-corrected chi connectivity index (χ0v) is 16.1. The highest BCUT2D eigenvalue weighted by atomic mass is 31.1. The molecule has 0 spiro atoms. The van der Waals surface area contributed by atoms with Crippen LogP contribution in [0.3, 0.4) is 0 Å². The van der Waals surface area contributed by atoms with E-state index in [9.17, 15) is 24.1 Å². The maximum Gasteiger partial charge on any atom is 0.379 e. The predicted molar refractivity (Wildman–Crippen MR) is 98.7 cm³/mol. The maximum atomic E-state index is 12.2. The molecule has 1 rings (SSSR count). The van der Waals surface area contributed by atoms with Crippen LogP contribution in [0.1, 0.15) is 24.8 Å². The summed E-state index contributed by atoms with van der Waals surface area (Å²) >= 11 is 0. The molecule has 1 amide bonds. The van der Waals surface area contributed by atoms with Crippen LogP contribution in [0, 0.1) is 0 Å². The van der Waals surface area contributed by atoms with E-state index in [-0.39, 0.29) is 19.4 Å². The Morgan fingerprint density at radius 1 is 1.22 bits per heavy atom. The fourth-order valence-electron chi connectivity index (χ4n) is 2.40. The minimum atomic E-state index is -2.24. The molecule has 0 fully saturated rings. The Kier molecular flexibility index (Phi) is 10.2. The van der Waals surface area contributed by atoms with Crippen LogP contribution in [-0.4, -0.2) is 65.2 Å². The van der Waals surface area contributed by atoms with Crippen molar-refractivity contribution in [1.29, 1.82) is 0 Å². The van der Waals surface area contributed by atoms with Crippen molar-refractivity contribution in [3.05, 3.63) is 35.9 Å².